The molecule has 8 nitrogen and oxygen atoms in total. The highest BCUT2D eigenvalue weighted by molar-refractivity contribution is 6.04. The van der Waals surface area contributed by atoms with Crippen LogP contribution in [-0.2, 0) is 6.54 Å². The molecule has 0 bridgehead atoms. The van der Waals surface area contributed by atoms with Gasteiger partial charge in [0.05, 0.1) is 20.8 Å². The Balaban J connectivity index is 1.57. The maximum absolute atomic E-state index is 12.9. The molecule has 0 radical (unpaired) electrons. The number of nitrogens with zero attached hydrogens (tertiary/aromatic N) is 1. The van der Waals surface area contributed by atoms with Crippen molar-refractivity contribution in [2.75, 3.05) is 26.3 Å². The summed E-state index contributed by atoms with van der Waals surface area (Å²) in [4.78, 5) is 25.6. The number of aromatic nitrogens is 1. The van der Waals surface area contributed by atoms with Gasteiger partial charge < -0.3 is 28.8 Å². The average Bonchev–Trinajstić information content (AvgIpc) is 3.22. The van der Waals surface area contributed by atoms with Gasteiger partial charge in [0, 0.05) is 24.0 Å². The highest BCUT2D eigenvalue weighted by atomic mass is 16.7. The quantitative estimate of drug-likeness (QED) is 0.675. The first-order chi connectivity index (χ1) is 14.6. The number of benzene rings is 2. The van der Waals surface area contributed by atoms with Gasteiger partial charge in [-0.15, -0.1) is 0 Å². The van der Waals surface area contributed by atoms with Crippen LogP contribution in [0.15, 0.2) is 59.5 Å². The first-order valence-electron chi connectivity index (χ1n) is 9.20. The lowest BCUT2D eigenvalue weighted by atomic mass is 10.2. The van der Waals surface area contributed by atoms with E-state index < -0.39 is 11.5 Å². The number of anilines is 1. The van der Waals surface area contributed by atoms with Gasteiger partial charge >= 0.3 is 0 Å². The molecule has 3 aromatic rings. The number of ether oxygens (including phenoxy) is 4. The molecular formula is C22H20N2O6. The van der Waals surface area contributed by atoms with Gasteiger partial charge in [-0.25, -0.2) is 0 Å². The van der Waals surface area contributed by atoms with E-state index in [0.717, 1.165) is 5.56 Å². The Bertz CT molecular complexity index is 1130. The van der Waals surface area contributed by atoms with Crippen molar-refractivity contribution in [2.24, 2.45) is 0 Å². The molecule has 1 N–H and O–H groups in total. The molecule has 4 rings (SSSR count). The van der Waals surface area contributed by atoms with Crippen LogP contribution < -0.4 is 29.8 Å². The van der Waals surface area contributed by atoms with E-state index in [1.54, 1.807) is 50.7 Å². The van der Waals surface area contributed by atoms with Crippen LogP contribution >= 0.6 is 0 Å². The summed E-state index contributed by atoms with van der Waals surface area (Å²) < 4.78 is 22.6. The van der Waals surface area contributed by atoms with E-state index in [4.69, 9.17) is 18.9 Å². The number of hydrogen-bond acceptors (Lipinski definition) is 6. The third-order valence-electron chi connectivity index (χ3n) is 4.66. The summed E-state index contributed by atoms with van der Waals surface area (Å²) in [5.41, 5.74) is 0.945. The second-order valence-corrected chi connectivity index (χ2v) is 6.60. The normalized spacial score (nSPS) is 11.8. The number of hydrogen-bond donors (Lipinski definition) is 1. The smallest absolute Gasteiger partial charge is 0.263 e. The summed E-state index contributed by atoms with van der Waals surface area (Å²) in [6.07, 6.45) is 1.63. The molecule has 0 spiro atoms. The molecule has 0 atom stereocenters. The standard InChI is InChI=1S/C22H20N2O6/c1-27-16-8-14(9-17(11-16)28-2)12-24-7-3-4-18(22(24)26)21(25)23-15-5-6-19-20(10-15)30-13-29-19/h3-11H,12-13H2,1-2H3,(H,23,25). The summed E-state index contributed by atoms with van der Waals surface area (Å²) in [6, 6.07) is 13.6. The van der Waals surface area contributed by atoms with Gasteiger partial charge in [0.1, 0.15) is 17.1 Å². The Morgan fingerprint density at radius 1 is 1.03 bits per heavy atom. The van der Waals surface area contributed by atoms with Crippen molar-refractivity contribution in [1.29, 1.82) is 0 Å². The van der Waals surface area contributed by atoms with Gasteiger partial charge in [-0.1, -0.05) is 0 Å². The summed E-state index contributed by atoms with van der Waals surface area (Å²) in [6.45, 7) is 0.405. The summed E-state index contributed by atoms with van der Waals surface area (Å²) in [7, 11) is 3.12. The predicted octanol–water partition coefficient (Wildman–Crippen LogP) is 2.89. The van der Waals surface area contributed by atoms with Crippen LogP contribution in [-0.4, -0.2) is 31.5 Å². The lowest BCUT2D eigenvalue weighted by molar-refractivity contribution is 0.102. The van der Waals surface area contributed by atoms with Gasteiger partial charge in [0.2, 0.25) is 6.79 Å². The minimum atomic E-state index is -0.503. The zero-order valence-electron chi connectivity index (χ0n) is 16.5. The van der Waals surface area contributed by atoms with E-state index >= 15 is 0 Å². The average molecular weight is 408 g/mol. The van der Waals surface area contributed by atoms with Crippen molar-refractivity contribution in [2.45, 2.75) is 6.54 Å². The van der Waals surface area contributed by atoms with Gasteiger partial charge in [0.15, 0.2) is 11.5 Å². The second kappa shape index (κ2) is 8.20. The SMILES string of the molecule is COc1cc(Cn2cccc(C(=O)Nc3ccc4c(c3)OCO4)c2=O)cc(OC)c1. The minimum absolute atomic E-state index is 0.0324. The number of carbonyl (C=O) groups is 1. The van der Waals surface area contributed by atoms with Crippen LogP contribution in [0.2, 0.25) is 0 Å². The maximum Gasteiger partial charge on any atom is 0.263 e. The molecule has 30 heavy (non-hydrogen) atoms. The Morgan fingerprint density at radius 2 is 1.77 bits per heavy atom. The van der Waals surface area contributed by atoms with E-state index in [-0.39, 0.29) is 18.9 Å². The molecule has 0 unspecified atom stereocenters. The Morgan fingerprint density at radius 3 is 2.50 bits per heavy atom. The van der Waals surface area contributed by atoms with Crippen molar-refractivity contribution < 1.29 is 23.7 Å². The number of nitrogens with one attached hydrogen (secondary N) is 1. The number of pyridine rings is 1. The summed E-state index contributed by atoms with van der Waals surface area (Å²) in [5.74, 6) is 1.90. The van der Waals surface area contributed by atoms with E-state index in [1.165, 1.54) is 10.6 Å². The molecule has 1 aliphatic rings. The van der Waals surface area contributed by atoms with Crippen LogP contribution in [0.3, 0.4) is 0 Å². The molecule has 0 saturated heterocycles. The van der Waals surface area contributed by atoms with Crippen molar-refractivity contribution in [1.82, 2.24) is 4.57 Å². The topological polar surface area (TPSA) is 88.0 Å². The minimum Gasteiger partial charge on any atom is -0.497 e. The lowest BCUT2D eigenvalue weighted by Gasteiger charge is -2.11. The molecule has 2 heterocycles. The first kappa shape index (κ1) is 19.4. The molecular weight excluding hydrogens is 388 g/mol. The number of rotatable bonds is 6. The fraction of sp³-hybridized carbons (Fsp3) is 0.182. The van der Waals surface area contributed by atoms with Gasteiger partial charge in [-0.05, 0) is 42.0 Å². The highest BCUT2D eigenvalue weighted by Gasteiger charge is 2.17. The zero-order chi connectivity index (χ0) is 21.1. The first-order valence-corrected chi connectivity index (χ1v) is 9.20. The van der Waals surface area contributed by atoms with Crippen molar-refractivity contribution >= 4 is 11.6 Å². The van der Waals surface area contributed by atoms with Crippen molar-refractivity contribution in [3.8, 4) is 23.0 Å². The van der Waals surface area contributed by atoms with Gasteiger partial charge in [-0.3, -0.25) is 9.59 Å². The van der Waals surface area contributed by atoms with Gasteiger partial charge in [-0.2, -0.15) is 0 Å². The van der Waals surface area contributed by atoms with E-state index in [1.807, 2.05) is 12.1 Å². The fourth-order valence-corrected chi connectivity index (χ4v) is 3.16. The number of methoxy groups -OCH3 is 2. The summed E-state index contributed by atoms with van der Waals surface area (Å²) in [5, 5.41) is 2.73. The van der Waals surface area contributed by atoms with Crippen LogP contribution in [0, 0.1) is 0 Å². The van der Waals surface area contributed by atoms with Gasteiger partial charge in [0.25, 0.3) is 11.5 Å². The maximum atomic E-state index is 12.9. The van der Waals surface area contributed by atoms with Crippen molar-refractivity contribution in [3.63, 3.8) is 0 Å². The Labute approximate surface area is 172 Å². The van der Waals surface area contributed by atoms with Crippen LogP contribution in [0.4, 0.5) is 5.69 Å². The Hall–Kier alpha value is -3.94. The molecule has 0 saturated carbocycles. The van der Waals surface area contributed by atoms with Crippen LogP contribution in [0.1, 0.15) is 15.9 Å². The largest absolute Gasteiger partial charge is 0.497 e. The summed E-state index contributed by atoms with van der Waals surface area (Å²) >= 11 is 0. The Kier molecular flexibility index (Phi) is 5.30. The van der Waals surface area contributed by atoms with Crippen LogP contribution in [0.5, 0.6) is 23.0 Å². The van der Waals surface area contributed by atoms with Crippen LogP contribution in [0.25, 0.3) is 0 Å². The molecule has 0 aliphatic carbocycles. The lowest BCUT2D eigenvalue weighted by Crippen LogP contribution is -2.29. The molecule has 2 aromatic carbocycles. The number of amides is 1. The third-order valence-corrected chi connectivity index (χ3v) is 4.66. The monoisotopic (exact) mass is 408 g/mol. The second-order valence-electron chi connectivity index (χ2n) is 6.60. The molecule has 8 heteroatoms. The van der Waals surface area contributed by atoms with E-state index in [0.29, 0.717) is 28.7 Å². The van der Waals surface area contributed by atoms with E-state index in [9.17, 15) is 9.59 Å². The zero-order valence-corrected chi connectivity index (χ0v) is 16.5. The van der Waals surface area contributed by atoms with Crippen molar-refractivity contribution in [3.05, 3.63) is 76.2 Å². The fourth-order valence-electron chi connectivity index (χ4n) is 3.16. The third kappa shape index (κ3) is 3.93. The molecule has 1 amide bonds. The molecule has 1 aromatic heterocycles. The molecule has 0 fully saturated rings. The number of fused-ring (bicyclic) bond motifs is 1. The van der Waals surface area contributed by atoms with E-state index in [2.05, 4.69) is 5.32 Å². The molecule has 154 valence electrons. The highest BCUT2D eigenvalue weighted by Crippen LogP contribution is 2.34. The number of carbonyl (C=O) groups excluding carboxylic acids is 1. The predicted molar refractivity (Wildman–Crippen MR) is 110 cm³/mol. The molecule has 1 aliphatic heterocycles.